The molecule has 0 aliphatic rings. The molecular weight excluding hydrogens is 376 g/mol. The fourth-order valence-corrected chi connectivity index (χ4v) is 2.93. The Morgan fingerprint density at radius 2 is 1.90 bits per heavy atom. The molecule has 2 rings (SSSR count). The number of H-pyrrole nitrogens is 1. The Kier molecular flexibility index (Phi) is 7.58. The van der Waals surface area contributed by atoms with Crippen molar-refractivity contribution in [3.05, 3.63) is 56.7 Å². The molecule has 1 aromatic heterocycles. The van der Waals surface area contributed by atoms with E-state index in [2.05, 4.69) is 4.98 Å². The fraction of sp³-hybridized carbons (Fsp3) is 0.368. The van der Waals surface area contributed by atoms with Crippen LogP contribution in [0.2, 0.25) is 0 Å². The number of carbonyl (C=O) groups excluding carboxylic acids is 2. The van der Waals surface area contributed by atoms with Gasteiger partial charge >= 0.3 is 11.7 Å². The van der Waals surface area contributed by atoms with Gasteiger partial charge in [-0.1, -0.05) is 43.7 Å². The largest absolute Gasteiger partial charge is 0.383 e. The SMILES string of the molecule is CCCCn1c(N)c(N(CCC(=O)NC(N)=O)Cc2ccccc2)c(=O)[nH]c1=O. The second-order valence-corrected chi connectivity index (χ2v) is 6.57. The van der Waals surface area contributed by atoms with E-state index in [9.17, 15) is 19.2 Å². The molecule has 10 heteroatoms. The van der Waals surface area contributed by atoms with Crippen molar-refractivity contribution in [3.8, 4) is 0 Å². The Labute approximate surface area is 167 Å². The van der Waals surface area contributed by atoms with E-state index in [0.717, 1.165) is 18.4 Å². The average molecular weight is 402 g/mol. The molecule has 0 aliphatic heterocycles. The van der Waals surface area contributed by atoms with Crippen LogP contribution < -0.4 is 32.9 Å². The highest BCUT2D eigenvalue weighted by Gasteiger charge is 2.20. The maximum Gasteiger partial charge on any atom is 0.330 e. The molecule has 0 fully saturated rings. The third kappa shape index (κ3) is 5.96. The van der Waals surface area contributed by atoms with Crippen molar-refractivity contribution >= 4 is 23.4 Å². The van der Waals surface area contributed by atoms with Crippen LogP contribution in [0.1, 0.15) is 31.7 Å². The molecule has 10 nitrogen and oxygen atoms in total. The zero-order chi connectivity index (χ0) is 21.4. The van der Waals surface area contributed by atoms with Crippen molar-refractivity contribution in [3.63, 3.8) is 0 Å². The first-order valence-corrected chi connectivity index (χ1v) is 9.34. The van der Waals surface area contributed by atoms with Crippen LogP contribution in [0, 0.1) is 0 Å². The summed E-state index contributed by atoms with van der Waals surface area (Å²) in [6, 6.07) is 8.35. The summed E-state index contributed by atoms with van der Waals surface area (Å²) in [7, 11) is 0. The Bertz CT molecular complexity index is 967. The van der Waals surface area contributed by atoms with E-state index < -0.39 is 23.2 Å². The van der Waals surface area contributed by atoms with Crippen molar-refractivity contribution in [1.82, 2.24) is 14.9 Å². The maximum absolute atomic E-state index is 12.6. The van der Waals surface area contributed by atoms with Crippen molar-refractivity contribution in [2.75, 3.05) is 17.2 Å². The number of amides is 3. The number of nitrogens with two attached hydrogens (primary N) is 2. The Morgan fingerprint density at radius 1 is 1.21 bits per heavy atom. The topological polar surface area (TPSA) is 156 Å². The van der Waals surface area contributed by atoms with E-state index in [0.29, 0.717) is 6.54 Å². The lowest BCUT2D eigenvalue weighted by molar-refractivity contribution is -0.119. The fourth-order valence-electron chi connectivity index (χ4n) is 2.93. The van der Waals surface area contributed by atoms with Gasteiger partial charge in [0.15, 0.2) is 0 Å². The minimum atomic E-state index is -0.949. The van der Waals surface area contributed by atoms with Crippen LogP contribution in [-0.2, 0) is 17.9 Å². The van der Waals surface area contributed by atoms with E-state index in [-0.39, 0.29) is 31.0 Å². The first-order valence-electron chi connectivity index (χ1n) is 9.34. The van der Waals surface area contributed by atoms with E-state index in [1.165, 1.54) is 4.57 Å². The third-order valence-corrected chi connectivity index (χ3v) is 4.35. The number of hydrogen-bond acceptors (Lipinski definition) is 6. The number of hydrogen-bond donors (Lipinski definition) is 4. The second-order valence-electron chi connectivity index (χ2n) is 6.57. The molecule has 3 amide bonds. The summed E-state index contributed by atoms with van der Waals surface area (Å²) in [5.41, 5.74) is 10.9. The number of nitrogen functional groups attached to an aromatic ring is 1. The van der Waals surface area contributed by atoms with Gasteiger partial charge in [0.2, 0.25) is 5.91 Å². The van der Waals surface area contributed by atoms with Gasteiger partial charge in [-0.2, -0.15) is 0 Å². The number of carbonyl (C=O) groups is 2. The van der Waals surface area contributed by atoms with Crippen LogP contribution in [0.5, 0.6) is 0 Å². The van der Waals surface area contributed by atoms with Gasteiger partial charge in [0, 0.05) is 26.1 Å². The highest BCUT2D eigenvalue weighted by molar-refractivity contribution is 5.93. The molecule has 29 heavy (non-hydrogen) atoms. The number of unbranched alkanes of at least 4 members (excludes halogenated alkanes) is 1. The van der Waals surface area contributed by atoms with Crippen LogP contribution in [-0.4, -0.2) is 28.0 Å². The molecule has 0 radical (unpaired) electrons. The van der Waals surface area contributed by atoms with E-state index in [1.54, 1.807) is 4.90 Å². The summed E-state index contributed by atoms with van der Waals surface area (Å²) in [5, 5.41) is 1.99. The lowest BCUT2D eigenvalue weighted by Crippen LogP contribution is -2.41. The monoisotopic (exact) mass is 402 g/mol. The molecule has 0 aliphatic carbocycles. The third-order valence-electron chi connectivity index (χ3n) is 4.35. The highest BCUT2D eigenvalue weighted by atomic mass is 16.2. The zero-order valence-electron chi connectivity index (χ0n) is 16.3. The number of anilines is 2. The van der Waals surface area contributed by atoms with Crippen molar-refractivity contribution < 1.29 is 9.59 Å². The van der Waals surface area contributed by atoms with Crippen LogP contribution in [0.15, 0.2) is 39.9 Å². The molecule has 0 unspecified atom stereocenters. The normalized spacial score (nSPS) is 10.5. The molecule has 156 valence electrons. The van der Waals surface area contributed by atoms with Crippen molar-refractivity contribution in [1.29, 1.82) is 0 Å². The maximum atomic E-state index is 12.6. The molecule has 6 N–H and O–H groups in total. The molecule has 0 spiro atoms. The number of urea groups is 1. The van der Waals surface area contributed by atoms with Crippen LogP contribution in [0.3, 0.4) is 0 Å². The van der Waals surface area contributed by atoms with Crippen LogP contribution in [0.25, 0.3) is 0 Å². The summed E-state index contributed by atoms with van der Waals surface area (Å²) in [4.78, 5) is 51.4. The van der Waals surface area contributed by atoms with E-state index in [4.69, 9.17) is 11.5 Å². The first-order chi connectivity index (χ1) is 13.8. The summed E-state index contributed by atoms with van der Waals surface area (Å²) >= 11 is 0. The van der Waals surface area contributed by atoms with Crippen LogP contribution in [0.4, 0.5) is 16.3 Å². The van der Waals surface area contributed by atoms with Gasteiger partial charge in [-0.25, -0.2) is 9.59 Å². The first kappa shape index (κ1) is 21.7. The number of rotatable bonds is 9. The Hall–Kier alpha value is -3.56. The lowest BCUT2D eigenvalue weighted by Gasteiger charge is -2.26. The molecule has 0 bridgehead atoms. The van der Waals surface area contributed by atoms with Crippen molar-refractivity contribution in [2.24, 2.45) is 5.73 Å². The van der Waals surface area contributed by atoms with Gasteiger partial charge in [0.1, 0.15) is 11.5 Å². The summed E-state index contributed by atoms with van der Waals surface area (Å²) in [6.45, 7) is 2.72. The number of nitrogens with zero attached hydrogens (tertiary/aromatic N) is 2. The number of primary amides is 1. The average Bonchev–Trinajstić information content (AvgIpc) is 2.66. The standard InChI is InChI=1S/C19H26N6O4/c1-2-3-10-25-16(20)15(17(27)23-19(25)29)24(11-9-14(26)22-18(21)28)12-13-7-5-4-6-8-13/h4-8H,2-3,9-12,20H2,1H3,(H,23,27,29)(H3,21,22,26,28). The van der Waals surface area contributed by atoms with E-state index in [1.807, 2.05) is 42.6 Å². The summed E-state index contributed by atoms with van der Waals surface area (Å²) < 4.78 is 1.32. The molecule has 1 aromatic carbocycles. The lowest BCUT2D eigenvalue weighted by atomic mass is 10.2. The van der Waals surface area contributed by atoms with Gasteiger partial charge < -0.3 is 16.4 Å². The second kappa shape index (κ2) is 10.1. The molecule has 1 heterocycles. The molecule has 0 atom stereocenters. The predicted octanol–water partition coefficient (Wildman–Crippen LogP) is 0.511. The van der Waals surface area contributed by atoms with Crippen LogP contribution >= 0.6 is 0 Å². The van der Waals surface area contributed by atoms with Gasteiger partial charge in [-0.3, -0.25) is 24.5 Å². The molecule has 2 aromatic rings. The minimum Gasteiger partial charge on any atom is -0.383 e. The number of nitrogens with one attached hydrogen (secondary N) is 2. The Morgan fingerprint density at radius 3 is 2.52 bits per heavy atom. The quantitative estimate of drug-likeness (QED) is 0.479. The number of aromatic amines is 1. The summed E-state index contributed by atoms with van der Waals surface area (Å²) in [5.74, 6) is -0.539. The van der Waals surface area contributed by atoms with Gasteiger partial charge in [0.05, 0.1) is 0 Å². The number of benzene rings is 1. The molecular formula is C19H26N6O4. The molecule has 0 saturated carbocycles. The highest BCUT2D eigenvalue weighted by Crippen LogP contribution is 2.20. The van der Waals surface area contributed by atoms with Gasteiger partial charge in [-0.15, -0.1) is 0 Å². The Balaban J connectivity index is 2.41. The number of aromatic nitrogens is 2. The van der Waals surface area contributed by atoms with E-state index >= 15 is 0 Å². The van der Waals surface area contributed by atoms with Gasteiger partial charge in [-0.05, 0) is 12.0 Å². The predicted molar refractivity (Wildman–Crippen MR) is 110 cm³/mol. The summed E-state index contributed by atoms with van der Waals surface area (Å²) in [6.07, 6.45) is 1.47. The molecule has 0 saturated heterocycles. The number of imide groups is 1. The smallest absolute Gasteiger partial charge is 0.330 e. The zero-order valence-corrected chi connectivity index (χ0v) is 16.3. The van der Waals surface area contributed by atoms with Gasteiger partial charge in [0.25, 0.3) is 5.56 Å². The van der Waals surface area contributed by atoms with Crippen molar-refractivity contribution in [2.45, 2.75) is 39.3 Å². The minimum absolute atomic E-state index is 0.0402.